The van der Waals surface area contributed by atoms with Gasteiger partial charge in [0.05, 0.1) is 7.11 Å². The van der Waals surface area contributed by atoms with Crippen molar-refractivity contribution in [3.05, 3.63) is 138 Å². The summed E-state index contributed by atoms with van der Waals surface area (Å²) >= 11 is 0. The Kier molecular flexibility index (Phi) is 9.08. The molecule has 0 unspecified atom stereocenters. The van der Waals surface area contributed by atoms with Crippen molar-refractivity contribution in [2.24, 2.45) is 0 Å². The van der Waals surface area contributed by atoms with Gasteiger partial charge < -0.3 is 15.0 Å². The van der Waals surface area contributed by atoms with Gasteiger partial charge in [-0.05, 0) is 40.8 Å². The summed E-state index contributed by atoms with van der Waals surface area (Å²) in [4.78, 5) is 29.2. The first kappa shape index (κ1) is 25.7. The van der Waals surface area contributed by atoms with Gasteiger partial charge in [-0.15, -0.1) is 0 Å². The van der Waals surface area contributed by atoms with Crippen LogP contribution in [0.5, 0.6) is 5.75 Å². The van der Waals surface area contributed by atoms with E-state index in [2.05, 4.69) is 5.32 Å². The summed E-state index contributed by atoms with van der Waals surface area (Å²) in [6.45, 7) is 0.688. The van der Waals surface area contributed by atoms with E-state index in [0.717, 1.165) is 28.0 Å². The highest BCUT2D eigenvalue weighted by atomic mass is 16.5. The number of nitrogens with zero attached hydrogens (tertiary/aromatic N) is 1. The van der Waals surface area contributed by atoms with E-state index in [0.29, 0.717) is 25.9 Å². The Hall–Kier alpha value is -4.38. The van der Waals surface area contributed by atoms with E-state index in [1.54, 1.807) is 12.0 Å². The number of methoxy groups -OCH3 is 1. The van der Waals surface area contributed by atoms with Gasteiger partial charge in [0.25, 0.3) is 0 Å². The number of carbonyl (C=O) groups excluding carboxylic acids is 2. The van der Waals surface area contributed by atoms with E-state index in [1.165, 1.54) is 0 Å². The Morgan fingerprint density at radius 3 is 1.89 bits per heavy atom. The van der Waals surface area contributed by atoms with E-state index in [4.69, 9.17) is 4.74 Å². The molecule has 37 heavy (non-hydrogen) atoms. The minimum Gasteiger partial charge on any atom is -0.497 e. The van der Waals surface area contributed by atoms with E-state index in [9.17, 15) is 9.59 Å². The Labute approximate surface area is 218 Å². The molecule has 188 valence electrons. The standard InChI is InChI=1S/C32H32N2O3/c1-37-29-20-17-27(18-21-29)24-34(30(35)22-19-25-11-5-2-6-12-25)31(28-15-9-4-10-16-28)32(36)33-23-26-13-7-3-8-14-26/h2-18,20-21,31H,19,22-24H2,1H3,(H,33,36)/t31-/m1/s1. The molecule has 0 aliphatic carbocycles. The van der Waals surface area contributed by atoms with Gasteiger partial charge in [0.2, 0.25) is 11.8 Å². The monoisotopic (exact) mass is 492 g/mol. The number of amides is 2. The van der Waals surface area contributed by atoms with Gasteiger partial charge in [-0.2, -0.15) is 0 Å². The van der Waals surface area contributed by atoms with E-state index in [-0.39, 0.29) is 11.8 Å². The largest absolute Gasteiger partial charge is 0.497 e. The number of benzene rings is 4. The fourth-order valence-corrected chi connectivity index (χ4v) is 4.28. The molecule has 0 saturated heterocycles. The molecule has 5 heteroatoms. The lowest BCUT2D eigenvalue weighted by atomic mass is 10.0. The molecule has 0 aliphatic heterocycles. The molecule has 4 aromatic rings. The van der Waals surface area contributed by atoms with Gasteiger partial charge >= 0.3 is 0 Å². The van der Waals surface area contributed by atoms with Crippen LogP contribution < -0.4 is 10.1 Å². The lowest BCUT2D eigenvalue weighted by molar-refractivity contribution is -0.141. The van der Waals surface area contributed by atoms with Crippen molar-refractivity contribution >= 4 is 11.8 Å². The number of carbonyl (C=O) groups is 2. The van der Waals surface area contributed by atoms with Crippen molar-refractivity contribution in [2.45, 2.75) is 32.0 Å². The summed E-state index contributed by atoms with van der Waals surface area (Å²) in [6, 6.07) is 36.0. The first-order valence-corrected chi connectivity index (χ1v) is 12.5. The van der Waals surface area contributed by atoms with Crippen molar-refractivity contribution in [3.63, 3.8) is 0 Å². The maximum Gasteiger partial charge on any atom is 0.247 e. The highest BCUT2D eigenvalue weighted by Gasteiger charge is 2.31. The van der Waals surface area contributed by atoms with Crippen molar-refractivity contribution < 1.29 is 14.3 Å². The lowest BCUT2D eigenvalue weighted by Gasteiger charge is -2.32. The zero-order chi connectivity index (χ0) is 25.9. The predicted octanol–water partition coefficient (Wildman–Crippen LogP) is 5.71. The number of ether oxygens (including phenoxy) is 1. The number of hydrogen-bond donors (Lipinski definition) is 1. The minimum absolute atomic E-state index is 0.0802. The highest BCUT2D eigenvalue weighted by Crippen LogP contribution is 2.26. The second-order valence-electron chi connectivity index (χ2n) is 8.87. The van der Waals surface area contributed by atoms with Crippen LogP contribution in [0.25, 0.3) is 0 Å². The first-order chi connectivity index (χ1) is 18.1. The van der Waals surface area contributed by atoms with Crippen LogP contribution in [-0.2, 0) is 29.1 Å². The average Bonchev–Trinajstić information content (AvgIpc) is 2.96. The van der Waals surface area contributed by atoms with Crippen LogP contribution in [0.15, 0.2) is 115 Å². The van der Waals surface area contributed by atoms with Crippen LogP contribution in [-0.4, -0.2) is 23.8 Å². The fraction of sp³-hybridized carbons (Fsp3) is 0.188. The topological polar surface area (TPSA) is 58.6 Å². The zero-order valence-corrected chi connectivity index (χ0v) is 21.0. The Morgan fingerprint density at radius 1 is 0.730 bits per heavy atom. The molecule has 0 fully saturated rings. The molecule has 0 aliphatic rings. The molecule has 1 N–H and O–H groups in total. The molecule has 5 nitrogen and oxygen atoms in total. The normalized spacial score (nSPS) is 11.4. The first-order valence-electron chi connectivity index (χ1n) is 12.5. The Bertz CT molecular complexity index is 1260. The third kappa shape index (κ3) is 7.31. The van der Waals surface area contributed by atoms with Gasteiger partial charge in [0, 0.05) is 19.5 Å². The van der Waals surface area contributed by atoms with Crippen molar-refractivity contribution in [1.29, 1.82) is 0 Å². The number of hydrogen-bond acceptors (Lipinski definition) is 3. The van der Waals surface area contributed by atoms with Gasteiger partial charge in [-0.1, -0.05) is 103 Å². The Morgan fingerprint density at radius 2 is 1.30 bits per heavy atom. The summed E-state index contributed by atoms with van der Waals surface area (Å²) in [5.41, 5.74) is 3.78. The molecular weight excluding hydrogens is 460 g/mol. The summed E-state index contributed by atoms with van der Waals surface area (Å²) in [6.07, 6.45) is 0.904. The van der Waals surface area contributed by atoms with Crippen LogP contribution >= 0.6 is 0 Å². The molecule has 0 heterocycles. The molecule has 0 bridgehead atoms. The number of nitrogens with one attached hydrogen (secondary N) is 1. The van der Waals surface area contributed by atoms with Crippen LogP contribution in [0.2, 0.25) is 0 Å². The molecule has 4 rings (SSSR count). The van der Waals surface area contributed by atoms with Crippen LogP contribution in [0.4, 0.5) is 0 Å². The second-order valence-corrected chi connectivity index (χ2v) is 8.87. The van der Waals surface area contributed by atoms with Crippen LogP contribution in [0.3, 0.4) is 0 Å². The molecule has 2 amide bonds. The van der Waals surface area contributed by atoms with Crippen molar-refractivity contribution in [1.82, 2.24) is 10.2 Å². The highest BCUT2D eigenvalue weighted by molar-refractivity contribution is 5.88. The number of aryl methyl sites for hydroxylation is 1. The quantitative estimate of drug-likeness (QED) is 0.292. The molecule has 1 atom stereocenters. The maximum atomic E-state index is 13.8. The summed E-state index contributed by atoms with van der Waals surface area (Å²) in [7, 11) is 1.62. The van der Waals surface area contributed by atoms with Crippen molar-refractivity contribution in [3.8, 4) is 5.75 Å². The molecule has 0 spiro atoms. The second kappa shape index (κ2) is 13.1. The smallest absolute Gasteiger partial charge is 0.247 e. The Balaban J connectivity index is 1.63. The third-order valence-corrected chi connectivity index (χ3v) is 6.29. The van der Waals surface area contributed by atoms with Crippen molar-refractivity contribution in [2.75, 3.05) is 7.11 Å². The predicted molar refractivity (Wildman–Crippen MR) is 146 cm³/mol. The van der Waals surface area contributed by atoms with E-state index < -0.39 is 6.04 Å². The summed E-state index contributed by atoms with van der Waals surface area (Å²) in [5.74, 6) is 0.450. The molecule has 0 radical (unpaired) electrons. The fourth-order valence-electron chi connectivity index (χ4n) is 4.28. The lowest BCUT2D eigenvalue weighted by Crippen LogP contribution is -2.43. The molecule has 0 saturated carbocycles. The average molecular weight is 493 g/mol. The minimum atomic E-state index is -0.768. The van der Waals surface area contributed by atoms with Gasteiger partial charge in [-0.3, -0.25) is 9.59 Å². The maximum absolute atomic E-state index is 13.8. The molecule has 0 aromatic heterocycles. The van der Waals surface area contributed by atoms with E-state index in [1.807, 2.05) is 115 Å². The van der Waals surface area contributed by atoms with E-state index >= 15 is 0 Å². The summed E-state index contributed by atoms with van der Waals surface area (Å²) in [5, 5.41) is 3.06. The SMILES string of the molecule is COc1ccc(CN(C(=O)CCc2ccccc2)[C@@H](C(=O)NCc2ccccc2)c2ccccc2)cc1. The third-order valence-electron chi connectivity index (χ3n) is 6.29. The number of rotatable bonds is 11. The van der Waals surface area contributed by atoms with Gasteiger partial charge in [0.1, 0.15) is 11.8 Å². The van der Waals surface area contributed by atoms with Crippen LogP contribution in [0.1, 0.15) is 34.7 Å². The van der Waals surface area contributed by atoms with Gasteiger partial charge in [-0.25, -0.2) is 0 Å². The molecular formula is C32H32N2O3. The van der Waals surface area contributed by atoms with Gasteiger partial charge in [0.15, 0.2) is 0 Å². The summed E-state index contributed by atoms with van der Waals surface area (Å²) < 4.78 is 5.29. The zero-order valence-electron chi connectivity index (χ0n) is 21.0. The molecule has 4 aromatic carbocycles. The van der Waals surface area contributed by atoms with Crippen LogP contribution in [0, 0.1) is 0 Å².